The zero-order valence-corrected chi connectivity index (χ0v) is 9.45. The fourth-order valence-corrected chi connectivity index (χ4v) is 1.65. The molecule has 0 N–H and O–H groups in total. The van der Waals surface area contributed by atoms with Crippen LogP contribution in [0.4, 0.5) is 0 Å². The zero-order valence-electron chi connectivity index (χ0n) is 9.45. The van der Waals surface area contributed by atoms with Gasteiger partial charge in [0.1, 0.15) is 0 Å². The van der Waals surface area contributed by atoms with Gasteiger partial charge >= 0.3 is 5.97 Å². The molecule has 14 heavy (non-hydrogen) atoms. The second-order valence-corrected chi connectivity index (χ2v) is 4.26. The Morgan fingerprint density at radius 1 is 1.43 bits per heavy atom. The quantitative estimate of drug-likeness (QED) is 0.629. The van der Waals surface area contributed by atoms with Crippen molar-refractivity contribution in [3.05, 3.63) is 0 Å². The molecule has 0 aromatic carbocycles. The van der Waals surface area contributed by atoms with Gasteiger partial charge in [-0.25, -0.2) is 0 Å². The molecule has 1 rings (SSSR count). The van der Waals surface area contributed by atoms with E-state index in [4.69, 9.17) is 4.74 Å². The van der Waals surface area contributed by atoms with Crippen LogP contribution >= 0.6 is 0 Å². The Morgan fingerprint density at radius 3 is 2.43 bits per heavy atom. The lowest BCUT2D eigenvalue weighted by Crippen LogP contribution is -2.44. The maximum absolute atomic E-state index is 11.6. The topological polar surface area (TPSA) is 29.5 Å². The smallest absolute Gasteiger partial charge is 0.310 e. The molecule has 3 nitrogen and oxygen atoms in total. The molecule has 1 fully saturated rings. The van der Waals surface area contributed by atoms with E-state index in [1.54, 1.807) is 0 Å². The van der Waals surface area contributed by atoms with Gasteiger partial charge < -0.3 is 9.64 Å². The summed E-state index contributed by atoms with van der Waals surface area (Å²) in [4.78, 5) is 13.9. The summed E-state index contributed by atoms with van der Waals surface area (Å²) in [6.45, 7) is 9.67. The van der Waals surface area contributed by atoms with E-state index in [1.807, 2.05) is 6.92 Å². The molecule has 1 atom stereocenters. The van der Waals surface area contributed by atoms with E-state index in [2.05, 4.69) is 18.7 Å². The van der Waals surface area contributed by atoms with Gasteiger partial charge in [0.25, 0.3) is 0 Å². The highest BCUT2D eigenvalue weighted by Crippen LogP contribution is 2.18. The van der Waals surface area contributed by atoms with E-state index >= 15 is 0 Å². The first-order valence-electron chi connectivity index (χ1n) is 5.54. The highest BCUT2D eigenvalue weighted by atomic mass is 16.5. The van der Waals surface area contributed by atoms with Gasteiger partial charge in [0.15, 0.2) is 0 Å². The molecule has 0 aliphatic carbocycles. The minimum atomic E-state index is -0.0330. The van der Waals surface area contributed by atoms with Crippen LogP contribution in [0, 0.1) is 11.8 Å². The monoisotopic (exact) mass is 199 g/mol. The number of esters is 1. The minimum Gasteiger partial charge on any atom is -0.466 e. The van der Waals surface area contributed by atoms with Gasteiger partial charge in [-0.2, -0.15) is 0 Å². The molecule has 1 aliphatic heterocycles. The van der Waals surface area contributed by atoms with Crippen molar-refractivity contribution in [2.75, 3.05) is 26.2 Å². The number of ether oxygens (including phenoxy) is 1. The van der Waals surface area contributed by atoms with Gasteiger partial charge in [-0.3, -0.25) is 4.79 Å². The van der Waals surface area contributed by atoms with E-state index < -0.39 is 0 Å². The molecule has 1 unspecified atom stereocenters. The van der Waals surface area contributed by atoms with Crippen LogP contribution in [0.15, 0.2) is 0 Å². The summed E-state index contributed by atoms with van der Waals surface area (Å²) in [5.41, 5.74) is 0. The summed E-state index contributed by atoms with van der Waals surface area (Å²) < 4.78 is 5.07. The predicted molar refractivity (Wildman–Crippen MR) is 56.0 cm³/mol. The standard InChI is InChI=1S/C11H21NO2/c1-4-14-11(13)10(9(2)3)8-12-6-5-7-12/h9-10H,4-8H2,1-3H3. The first kappa shape index (κ1) is 11.5. The van der Waals surface area contributed by atoms with Crippen molar-refractivity contribution in [1.82, 2.24) is 4.90 Å². The zero-order chi connectivity index (χ0) is 10.6. The molecular formula is C11H21NO2. The largest absolute Gasteiger partial charge is 0.466 e. The van der Waals surface area contributed by atoms with E-state index in [0.29, 0.717) is 12.5 Å². The normalized spacial score (nSPS) is 19.1. The van der Waals surface area contributed by atoms with Crippen LogP contribution in [0.25, 0.3) is 0 Å². The second kappa shape index (κ2) is 5.35. The minimum absolute atomic E-state index is 0.0330. The summed E-state index contributed by atoms with van der Waals surface area (Å²) in [6.07, 6.45) is 1.27. The molecule has 0 aromatic rings. The Bertz CT molecular complexity index is 188. The molecule has 0 radical (unpaired) electrons. The van der Waals surface area contributed by atoms with Crippen molar-refractivity contribution >= 4 is 5.97 Å². The summed E-state index contributed by atoms with van der Waals surface area (Å²) in [5.74, 6) is 0.388. The number of hydrogen-bond acceptors (Lipinski definition) is 3. The fraction of sp³-hybridized carbons (Fsp3) is 0.909. The Labute approximate surface area is 86.4 Å². The van der Waals surface area contributed by atoms with Crippen molar-refractivity contribution in [2.24, 2.45) is 11.8 Å². The van der Waals surface area contributed by atoms with Gasteiger partial charge in [0.05, 0.1) is 12.5 Å². The number of nitrogens with zero attached hydrogens (tertiary/aromatic N) is 1. The SMILES string of the molecule is CCOC(=O)C(CN1CCC1)C(C)C. The van der Waals surface area contributed by atoms with Gasteiger partial charge in [0, 0.05) is 6.54 Å². The third-order valence-electron chi connectivity index (χ3n) is 2.80. The lowest BCUT2D eigenvalue weighted by atomic mass is 9.94. The first-order chi connectivity index (χ1) is 6.65. The third-order valence-corrected chi connectivity index (χ3v) is 2.80. The molecule has 1 saturated heterocycles. The van der Waals surface area contributed by atoms with Crippen molar-refractivity contribution < 1.29 is 9.53 Å². The number of hydrogen-bond donors (Lipinski definition) is 0. The van der Waals surface area contributed by atoms with Gasteiger partial charge in [0.2, 0.25) is 0 Å². The Hall–Kier alpha value is -0.570. The number of rotatable bonds is 5. The predicted octanol–water partition coefficient (Wildman–Crippen LogP) is 1.53. The van der Waals surface area contributed by atoms with Crippen molar-refractivity contribution in [3.8, 4) is 0 Å². The Balaban J connectivity index is 2.40. The summed E-state index contributed by atoms with van der Waals surface area (Å²) in [5, 5.41) is 0. The van der Waals surface area contributed by atoms with E-state index in [0.717, 1.165) is 19.6 Å². The lowest BCUT2D eigenvalue weighted by Gasteiger charge is -2.34. The van der Waals surface area contributed by atoms with E-state index in [9.17, 15) is 4.79 Å². The lowest BCUT2D eigenvalue weighted by molar-refractivity contribution is -0.150. The Kier molecular flexibility index (Phi) is 4.39. The van der Waals surface area contributed by atoms with Crippen molar-refractivity contribution in [1.29, 1.82) is 0 Å². The van der Waals surface area contributed by atoms with Crippen molar-refractivity contribution in [3.63, 3.8) is 0 Å². The molecule has 0 amide bonds. The van der Waals surface area contributed by atoms with Gasteiger partial charge in [-0.15, -0.1) is 0 Å². The highest BCUT2D eigenvalue weighted by Gasteiger charge is 2.27. The first-order valence-corrected chi connectivity index (χ1v) is 5.54. The summed E-state index contributed by atoms with van der Waals surface area (Å²) in [6, 6.07) is 0. The molecule has 0 bridgehead atoms. The average Bonchev–Trinajstić information content (AvgIpc) is 2.01. The molecule has 1 heterocycles. The molecule has 0 spiro atoms. The molecule has 82 valence electrons. The summed E-state index contributed by atoms with van der Waals surface area (Å²) >= 11 is 0. The summed E-state index contributed by atoms with van der Waals surface area (Å²) in [7, 11) is 0. The van der Waals surface area contributed by atoms with Crippen LogP contribution in [-0.4, -0.2) is 37.1 Å². The maximum Gasteiger partial charge on any atom is 0.310 e. The molecule has 0 aromatic heterocycles. The second-order valence-electron chi connectivity index (χ2n) is 4.26. The van der Waals surface area contributed by atoms with Crippen molar-refractivity contribution in [2.45, 2.75) is 27.2 Å². The molecule has 1 aliphatic rings. The molecule has 0 saturated carbocycles. The number of carbonyl (C=O) groups excluding carboxylic acids is 1. The van der Waals surface area contributed by atoms with Crippen LogP contribution in [0.2, 0.25) is 0 Å². The maximum atomic E-state index is 11.6. The highest BCUT2D eigenvalue weighted by molar-refractivity contribution is 5.73. The fourth-order valence-electron chi connectivity index (χ4n) is 1.65. The van der Waals surface area contributed by atoms with E-state index in [1.165, 1.54) is 6.42 Å². The van der Waals surface area contributed by atoms with E-state index in [-0.39, 0.29) is 11.9 Å². The van der Waals surface area contributed by atoms with Crippen LogP contribution in [0.3, 0.4) is 0 Å². The van der Waals surface area contributed by atoms with Crippen LogP contribution in [0.1, 0.15) is 27.2 Å². The molecule has 3 heteroatoms. The van der Waals surface area contributed by atoms with Gasteiger partial charge in [-0.1, -0.05) is 13.8 Å². The molecular weight excluding hydrogens is 178 g/mol. The number of likely N-dealkylation sites (tertiary alicyclic amines) is 1. The van der Waals surface area contributed by atoms with Crippen LogP contribution in [0.5, 0.6) is 0 Å². The average molecular weight is 199 g/mol. The van der Waals surface area contributed by atoms with Crippen LogP contribution in [-0.2, 0) is 9.53 Å². The van der Waals surface area contributed by atoms with Gasteiger partial charge in [-0.05, 0) is 32.4 Å². The van der Waals surface area contributed by atoms with Crippen LogP contribution < -0.4 is 0 Å². The third kappa shape index (κ3) is 2.98. The number of carbonyl (C=O) groups is 1. The Morgan fingerprint density at radius 2 is 2.07 bits per heavy atom.